The molecule has 2 N–H and O–H groups in total. The molecule has 0 radical (unpaired) electrons. The van der Waals surface area contributed by atoms with Crippen molar-refractivity contribution < 1.29 is 5.32 Å². The largest absolute Gasteiger partial charge is 0.344 e. The number of hydrogen-bond acceptors (Lipinski definition) is 0. The molecule has 1 heterocycles. The number of rotatable bonds is 1. The molecule has 0 bridgehead atoms. The molecule has 1 atom stereocenters. The molecule has 11 heavy (non-hydrogen) atoms. The minimum absolute atomic E-state index is 0.526. The lowest BCUT2D eigenvalue weighted by Gasteiger charge is -2.27. The minimum atomic E-state index is 0.526. The number of nitrogens with two attached hydrogens (primary N) is 1. The van der Waals surface area contributed by atoms with E-state index in [1.165, 1.54) is 32.2 Å². The van der Waals surface area contributed by atoms with E-state index in [1.54, 1.807) is 0 Å². The Morgan fingerprint density at radius 2 is 2.00 bits per heavy atom. The minimum Gasteiger partial charge on any atom is -0.344 e. The van der Waals surface area contributed by atoms with Crippen LogP contribution >= 0.6 is 0 Å². The van der Waals surface area contributed by atoms with Crippen LogP contribution in [0.3, 0.4) is 0 Å². The van der Waals surface area contributed by atoms with E-state index >= 15 is 0 Å². The van der Waals surface area contributed by atoms with Crippen LogP contribution in [0.15, 0.2) is 0 Å². The Morgan fingerprint density at radius 3 is 2.45 bits per heavy atom. The van der Waals surface area contributed by atoms with Gasteiger partial charge in [0, 0.05) is 6.42 Å². The summed E-state index contributed by atoms with van der Waals surface area (Å²) in [5, 5.41) is 2.54. The number of hydrogen-bond donors (Lipinski definition) is 1. The highest BCUT2D eigenvalue weighted by Gasteiger charge is 2.22. The molecule has 0 spiro atoms. The van der Waals surface area contributed by atoms with Crippen LogP contribution in [0.4, 0.5) is 0 Å². The van der Waals surface area contributed by atoms with Crippen LogP contribution in [0, 0.1) is 5.41 Å². The molecule has 1 rings (SSSR count). The van der Waals surface area contributed by atoms with E-state index in [4.69, 9.17) is 0 Å². The lowest BCUT2D eigenvalue weighted by molar-refractivity contribution is -0.699. The Balaban J connectivity index is 2.24. The van der Waals surface area contributed by atoms with Crippen molar-refractivity contribution in [3.8, 4) is 0 Å². The maximum absolute atomic E-state index is 2.54. The predicted molar refractivity (Wildman–Crippen MR) is 48.5 cm³/mol. The molecule has 0 aliphatic carbocycles. The van der Waals surface area contributed by atoms with E-state index in [0.717, 1.165) is 6.04 Å². The first-order chi connectivity index (χ1) is 5.08. The molecule has 0 aromatic carbocycles. The van der Waals surface area contributed by atoms with E-state index in [9.17, 15) is 0 Å². The van der Waals surface area contributed by atoms with Crippen molar-refractivity contribution in [3.05, 3.63) is 0 Å². The first-order valence-corrected chi connectivity index (χ1v) is 4.91. The summed E-state index contributed by atoms with van der Waals surface area (Å²) >= 11 is 0. The topological polar surface area (TPSA) is 16.6 Å². The second kappa shape index (κ2) is 3.57. The average Bonchev–Trinajstić information content (AvgIpc) is 1.85. The van der Waals surface area contributed by atoms with Gasteiger partial charge in [0.15, 0.2) is 0 Å². The molecule has 0 aromatic heterocycles. The molecule has 0 saturated carbocycles. The summed E-state index contributed by atoms with van der Waals surface area (Å²) in [6.45, 7) is 8.39. The molecular formula is C10H22N+. The highest BCUT2D eigenvalue weighted by molar-refractivity contribution is 4.69. The van der Waals surface area contributed by atoms with E-state index in [1.807, 2.05) is 0 Å². The smallest absolute Gasteiger partial charge is 0.0864 e. The fourth-order valence-corrected chi connectivity index (χ4v) is 1.99. The molecule has 1 heteroatoms. The highest BCUT2D eigenvalue weighted by atomic mass is 14.9. The van der Waals surface area contributed by atoms with Crippen LogP contribution in [0.5, 0.6) is 0 Å². The molecule has 1 nitrogen and oxygen atoms in total. The molecule has 0 aromatic rings. The van der Waals surface area contributed by atoms with Gasteiger partial charge in [0.25, 0.3) is 0 Å². The van der Waals surface area contributed by atoms with Gasteiger partial charge in [0.1, 0.15) is 0 Å². The van der Waals surface area contributed by atoms with E-state index in [-0.39, 0.29) is 0 Å². The van der Waals surface area contributed by atoms with Gasteiger partial charge in [-0.15, -0.1) is 0 Å². The van der Waals surface area contributed by atoms with Crippen LogP contribution in [0.2, 0.25) is 0 Å². The van der Waals surface area contributed by atoms with Crippen molar-refractivity contribution in [3.63, 3.8) is 0 Å². The summed E-state index contributed by atoms with van der Waals surface area (Å²) in [4.78, 5) is 0. The Labute approximate surface area is 70.6 Å². The quantitative estimate of drug-likeness (QED) is 0.593. The third kappa shape index (κ3) is 3.76. The molecule has 0 amide bonds. The Hall–Kier alpha value is -0.0400. The van der Waals surface area contributed by atoms with Crippen molar-refractivity contribution in [2.45, 2.75) is 52.5 Å². The first kappa shape index (κ1) is 9.05. The molecular weight excluding hydrogens is 134 g/mol. The Morgan fingerprint density at radius 1 is 1.27 bits per heavy atom. The zero-order chi connectivity index (χ0) is 8.32. The molecule has 1 aliphatic heterocycles. The van der Waals surface area contributed by atoms with Crippen LogP contribution in [0.25, 0.3) is 0 Å². The fourth-order valence-electron chi connectivity index (χ4n) is 1.99. The summed E-state index contributed by atoms with van der Waals surface area (Å²) in [7, 11) is 0. The highest BCUT2D eigenvalue weighted by Crippen LogP contribution is 2.22. The monoisotopic (exact) mass is 156 g/mol. The summed E-state index contributed by atoms with van der Waals surface area (Å²) in [6.07, 6.45) is 5.71. The summed E-state index contributed by atoms with van der Waals surface area (Å²) in [5.74, 6) is 0. The molecule has 1 saturated heterocycles. The second-order valence-corrected chi connectivity index (χ2v) is 5.05. The fraction of sp³-hybridized carbons (Fsp3) is 1.00. The van der Waals surface area contributed by atoms with Gasteiger partial charge in [-0.05, 0) is 24.7 Å². The second-order valence-electron chi connectivity index (χ2n) is 5.05. The van der Waals surface area contributed by atoms with Crippen molar-refractivity contribution in [1.29, 1.82) is 0 Å². The van der Waals surface area contributed by atoms with Gasteiger partial charge < -0.3 is 5.32 Å². The third-order valence-corrected chi connectivity index (χ3v) is 2.40. The number of quaternary nitrogens is 1. The maximum Gasteiger partial charge on any atom is 0.0864 e. The Kier molecular flexibility index (Phi) is 2.94. The zero-order valence-electron chi connectivity index (χ0n) is 8.19. The normalized spacial score (nSPS) is 27.0. The maximum atomic E-state index is 2.54. The zero-order valence-corrected chi connectivity index (χ0v) is 8.19. The van der Waals surface area contributed by atoms with Crippen LogP contribution in [-0.4, -0.2) is 12.6 Å². The predicted octanol–water partition coefficient (Wildman–Crippen LogP) is 1.54. The molecule has 0 unspecified atom stereocenters. The summed E-state index contributed by atoms with van der Waals surface area (Å²) in [6, 6.07) is 0.920. The summed E-state index contributed by atoms with van der Waals surface area (Å²) < 4.78 is 0. The van der Waals surface area contributed by atoms with Gasteiger partial charge in [-0.3, -0.25) is 0 Å². The molecule has 1 aliphatic rings. The molecule has 1 fully saturated rings. The van der Waals surface area contributed by atoms with E-state index in [0.29, 0.717) is 5.41 Å². The Bertz CT molecular complexity index is 107. The van der Waals surface area contributed by atoms with Gasteiger partial charge in [-0.2, -0.15) is 0 Å². The van der Waals surface area contributed by atoms with Gasteiger partial charge >= 0.3 is 0 Å². The van der Waals surface area contributed by atoms with Crippen LogP contribution < -0.4 is 5.32 Å². The van der Waals surface area contributed by atoms with Crippen molar-refractivity contribution in [2.75, 3.05) is 6.54 Å². The van der Waals surface area contributed by atoms with Crippen molar-refractivity contribution >= 4 is 0 Å². The van der Waals surface area contributed by atoms with Crippen LogP contribution in [-0.2, 0) is 0 Å². The van der Waals surface area contributed by atoms with Gasteiger partial charge in [-0.1, -0.05) is 20.8 Å². The van der Waals surface area contributed by atoms with Gasteiger partial charge in [-0.25, -0.2) is 0 Å². The number of piperidine rings is 1. The van der Waals surface area contributed by atoms with Gasteiger partial charge in [0.2, 0.25) is 0 Å². The molecule has 66 valence electrons. The SMILES string of the molecule is CC(C)(C)C[C@H]1CCCC[NH2+]1. The van der Waals surface area contributed by atoms with Crippen LogP contribution in [0.1, 0.15) is 46.5 Å². The van der Waals surface area contributed by atoms with Crippen molar-refractivity contribution in [2.24, 2.45) is 5.41 Å². The van der Waals surface area contributed by atoms with Crippen molar-refractivity contribution in [1.82, 2.24) is 0 Å². The average molecular weight is 156 g/mol. The van der Waals surface area contributed by atoms with E-state index in [2.05, 4.69) is 26.1 Å². The lowest BCUT2D eigenvalue weighted by atomic mass is 9.85. The first-order valence-electron chi connectivity index (χ1n) is 4.91. The third-order valence-electron chi connectivity index (χ3n) is 2.40. The van der Waals surface area contributed by atoms with Gasteiger partial charge in [0.05, 0.1) is 12.6 Å². The lowest BCUT2D eigenvalue weighted by Crippen LogP contribution is -2.91. The standard InChI is InChI=1S/C10H21N/c1-10(2,3)8-9-6-4-5-7-11-9/h9,11H,4-8H2,1-3H3/p+1/t9-/m1/s1. The van der Waals surface area contributed by atoms with E-state index < -0.39 is 0 Å². The summed E-state index contributed by atoms with van der Waals surface area (Å²) in [5.41, 5.74) is 0.526.